The molecule has 1 aliphatic heterocycles. The van der Waals surface area contributed by atoms with Crippen LogP contribution in [-0.2, 0) is 19.7 Å². The molecule has 3 rings (SSSR count). The van der Waals surface area contributed by atoms with Crippen LogP contribution in [0.15, 0.2) is 60.7 Å². The molecule has 0 radical (unpaired) electrons. The molecule has 2 aromatic rings. The van der Waals surface area contributed by atoms with Crippen LogP contribution in [-0.4, -0.2) is 29.6 Å². The number of hydrogen-bond acceptors (Lipinski definition) is 3. The van der Waals surface area contributed by atoms with E-state index in [1.165, 1.54) is 0 Å². The van der Waals surface area contributed by atoms with Gasteiger partial charge in [0.05, 0.1) is 12.7 Å². The van der Waals surface area contributed by atoms with Crippen molar-refractivity contribution >= 4 is 5.97 Å². The second-order valence-electron chi connectivity index (χ2n) is 6.93. The lowest BCUT2D eigenvalue weighted by molar-refractivity contribution is -0.144. The van der Waals surface area contributed by atoms with Gasteiger partial charge in [0.2, 0.25) is 0 Å². The van der Waals surface area contributed by atoms with Gasteiger partial charge in [0.1, 0.15) is 5.41 Å². The molecule has 4 heteroatoms. The second-order valence-corrected chi connectivity index (χ2v) is 6.93. The van der Waals surface area contributed by atoms with E-state index in [2.05, 4.69) is 0 Å². The third-order valence-electron chi connectivity index (χ3n) is 4.81. The maximum absolute atomic E-state index is 12.5. The van der Waals surface area contributed by atoms with Gasteiger partial charge in [0, 0.05) is 0 Å². The summed E-state index contributed by atoms with van der Waals surface area (Å²) in [5.74, 6) is -1.45. The third-order valence-corrected chi connectivity index (χ3v) is 4.81. The van der Waals surface area contributed by atoms with Gasteiger partial charge >= 0.3 is 5.97 Å². The van der Waals surface area contributed by atoms with E-state index < -0.39 is 17.2 Å². The minimum absolute atomic E-state index is 0.0962. The van der Waals surface area contributed by atoms with E-state index in [1.54, 1.807) is 0 Å². The quantitative estimate of drug-likeness (QED) is 0.864. The standard InChI is InChI=1S/C21H24O4/c1-20(2)24-15-18(25-20)13-14-21(19(22)23,16-9-5-3-6-10-16)17-11-7-4-8-12-17/h3-12,18H,13-15H2,1-2H3,(H,22,23)/t18-/m1/s1. The van der Waals surface area contributed by atoms with Crippen LogP contribution < -0.4 is 0 Å². The van der Waals surface area contributed by atoms with Crippen LogP contribution in [0.5, 0.6) is 0 Å². The van der Waals surface area contributed by atoms with Gasteiger partial charge in [0.15, 0.2) is 5.79 Å². The predicted molar refractivity (Wildman–Crippen MR) is 95.4 cm³/mol. The Labute approximate surface area is 148 Å². The summed E-state index contributed by atoms with van der Waals surface area (Å²) in [7, 11) is 0. The number of hydrogen-bond donors (Lipinski definition) is 1. The van der Waals surface area contributed by atoms with Crippen molar-refractivity contribution in [1.82, 2.24) is 0 Å². The first kappa shape index (κ1) is 17.6. The summed E-state index contributed by atoms with van der Waals surface area (Å²) >= 11 is 0. The molecular weight excluding hydrogens is 316 g/mol. The van der Waals surface area contributed by atoms with Crippen molar-refractivity contribution in [2.75, 3.05) is 6.61 Å². The first-order valence-electron chi connectivity index (χ1n) is 8.60. The van der Waals surface area contributed by atoms with Crippen molar-refractivity contribution in [3.8, 4) is 0 Å². The highest BCUT2D eigenvalue weighted by atomic mass is 16.7. The van der Waals surface area contributed by atoms with Crippen LogP contribution in [0, 0.1) is 0 Å². The van der Waals surface area contributed by atoms with E-state index in [9.17, 15) is 9.90 Å². The molecule has 0 amide bonds. The van der Waals surface area contributed by atoms with E-state index in [0.717, 1.165) is 11.1 Å². The van der Waals surface area contributed by atoms with E-state index in [-0.39, 0.29) is 6.10 Å². The largest absolute Gasteiger partial charge is 0.480 e. The third kappa shape index (κ3) is 3.60. The van der Waals surface area contributed by atoms with Crippen LogP contribution in [0.2, 0.25) is 0 Å². The molecule has 1 heterocycles. The molecule has 132 valence electrons. The fraction of sp³-hybridized carbons (Fsp3) is 0.381. The second kappa shape index (κ2) is 6.98. The smallest absolute Gasteiger partial charge is 0.318 e. The Morgan fingerprint density at radius 1 is 1.08 bits per heavy atom. The molecule has 2 aromatic carbocycles. The Hall–Kier alpha value is -2.17. The molecule has 0 aliphatic carbocycles. The lowest BCUT2D eigenvalue weighted by Gasteiger charge is -2.31. The Bertz CT molecular complexity index is 670. The summed E-state index contributed by atoms with van der Waals surface area (Å²) in [5.41, 5.74) is 0.470. The summed E-state index contributed by atoms with van der Waals surface area (Å²) < 4.78 is 11.5. The van der Waals surface area contributed by atoms with Crippen LogP contribution in [0.1, 0.15) is 37.8 Å². The maximum atomic E-state index is 12.5. The van der Waals surface area contributed by atoms with E-state index >= 15 is 0 Å². The van der Waals surface area contributed by atoms with E-state index in [1.807, 2.05) is 74.5 Å². The molecule has 0 saturated carbocycles. The van der Waals surface area contributed by atoms with Crippen molar-refractivity contribution < 1.29 is 19.4 Å². The molecular formula is C21H24O4. The molecule has 0 aromatic heterocycles. The Morgan fingerprint density at radius 3 is 2.00 bits per heavy atom. The van der Waals surface area contributed by atoms with Gasteiger partial charge in [-0.2, -0.15) is 0 Å². The number of ether oxygens (including phenoxy) is 2. The first-order chi connectivity index (χ1) is 11.9. The average molecular weight is 340 g/mol. The first-order valence-corrected chi connectivity index (χ1v) is 8.60. The van der Waals surface area contributed by atoms with Gasteiger partial charge in [-0.1, -0.05) is 60.7 Å². The van der Waals surface area contributed by atoms with E-state index in [0.29, 0.717) is 19.4 Å². The molecule has 0 bridgehead atoms. The van der Waals surface area contributed by atoms with Crippen molar-refractivity contribution in [2.24, 2.45) is 0 Å². The summed E-state index contributed by atoms with van der Waals surface area (Å²) in [4.78, 5) is 12.5. The minimum Gasteiger partial charge on any atom is -0.480 e. The van der Waals surface area contributed by atoms with Gasteiger partial charge in [-0.3, -0.25) is 4.79 Å². The minimum atomic E-state index is -1.10. The van der Waals surface area contributed by atoms with Gasteiger partial charge in [-0.05, 0) is 37.8 Å². The van der Waals surface area contributed by atoms with Crippen LogP contribution >= 0.6 is 0 Å². The zero-order valence-corrected chi connectivity index (χ0v) is 14.6. The molecule has 4 nitrogen and oxygen atoms in total. The summed E-state index contributed by atoms with van der Waals surface area (Å²) in [6.07, 6.45) is 0.959. The molecule has 1 saturated heterocycles. The van der Waals surface area contributed by atoms with Gasteiger partial charge in [0.25, 0.3) is 0 Å². The number of rotatable bonds is 6. The Balaban J connectivity index is 1.95. The number of carboxylic acids is 1. The lowest BCUT2D eigenvalue weighted by atomic mass is 9.71. The SMILES string of the molecule is CC1(C)OC[C@@H](CCC(C(=O)O)(c2ccccc2)c2ccccc2)O1. The van der Waals surface area contributed by atoms with Crippen LogP contribution in [0.3, 0.4) is 0 Å². The highest BCUT2D eigenvalue weighted by Crippen LogP contribution is 2.39. The van der Waals surface area contributed by atoms with Crippen molar-refractivity contribution in [3.63, 3.8) is 0 Å². The summed E-state index contributed by atoms with van der Waals surface area (Å²) in [6.45, 7) is 4.25. The van der Waals surface area contributed by atoms with Gasteiger partial charge in [-0.15, -0.1) is 0 Å². The van der Waals surface area contributed by atoms with Crippen molar-refractivity contribution in [1.29, 1.82) is 0 Å². The van der Waals surface area contributed by atoms with Crippen LogP contribution in [0.25, 0.3) is 0 Å². The fourth-order valence-electron chi connectivity index (χ4n) is 3.54. The van der Waals surface area contributed by atoms with Gasteiger partial charge in [-0.25, -0.2) is 0 Å². The van der Waals surface area contributed by atoms with Gasteiger partial charge < -0.3 is 14.6 Å². The molecule has 1 atom stereocenters. The molecule has 1 aliphatic rings. The number of benzene rings is 2. The number of aliphatic carboxylic acids is 1. The fourth-order valence-corrected chi connectivity index (χ4v) is 3.54. The zero-order chi connectivity index (χ0) is 17.9. The molecule has 25 heavy (non-hydrogen) atoms. The summed E-state index contributed by atoms with van der Waals surface area (Å²) in [5, 5.41) is 10.2. The molecule has 1 fully saturated rings. The Morgan fingerprint density at radius 2 is 1.60 bits per heavy atom. The molecule has 0 unspecified atom stereocenters. The summed E-state index contributed by atoms with van der Waals surface area (Å²) in [6, 6.07) is 18.9. The Kier molecular flexibility index (Phi) is 4.93. The zero-order valence-electron chi connectivity index (χ0n) is 14.6. The van der Waals surface area contributed by atoms with Crippen LogP contribution in [0.4, 0.5) is 0 Å². The highest BCUT2D eigenvalue weighted by Gasteiger charge is 2.43. The van der Waals surface area contributed by atoms with Crippen molar-refractivity contribution in [2.45, 2.75) is 44.0 Å². The molecule has 0 spiro atoms. The number of carboxylic acid groups (broad SMARTS) is 1. The normalized spacial score (nSPS) is 19.7. The topological polar surface area (TPSA) is 55.8 Å². The average Bonchev–Trinajstić information content (AvgIpc) is 2.96. The number of carbonyl (C=O) groups is 1. The lowest BCUT2D eigenvalue weighted by Crippen LogP contribution is -2.38. The predicted octanol–water partition coefficient (Wildman–Crippen LogP) is 3.99. The highest BCUT2D eigenvalue weighted by molar-refractivity contribution is 5.86. The monoisotopic (exact) mass is 340 g/mol. The van der Waals surface area contributed by atoms with Crippen molar-refractivity contribution in [3.05, 3.63) is 71.8 Å². The van der Waals surface area contributed by atoms with E-state index in [4.69, 9.17) is 9.47 Å². The molecule has 1 N–H and O–H groups in total. The maximum Gasteiger partial charge on any atom is 0.318 e.